The first-order valence-electron chi connectivity index (χ1n) is 4.97. The Morgan fingerprint density at radius 3 is 2.45 bits per heavy atom. The summed E-state index contributed by atoms with van der Waals surface area (Å²) in [7, 11) is 0. The van der Waals surface area contributed by atoms with Crippen LogP contribution in [0, 0.1) is 5.82 Å². The first kappa shape index (κ1) is 14.7. The highest BCUT2D eigenvalue weighted by Gasteiger charge is 2.34. The molecule has 0 amide bonds. The van der Waals surface area contributed by atoms with Gasteiger partial charge in [0.15, 0.2) is 11.0 Å². The Hall–Kier alpha value is -1.67. The van der Waals surface area contributed by atoms with Gasteiger partial charge in [0, 0.05) is 5.69 Å². The molecule has 0 unspecified atom stereocenters. The van der Waals surface area contributed by atoms with E-state index >= 15 is 0 Å². The molecule has 0 fully saturated rings. The summed E-state index contributed by atoms with van der Waals surface area (Å²) in [5.74, 6) is -1.47. The molecular weight excluding hydrogens is 323 g/mol. The van der Waals surface area contributed by atoms with E-state index in [1.54, 1.807) is 0 Å². The van der Waals surface area contributed by atoms with E-state index in [1.807, 2.05) is 0 Å². The predicted molar refractivity (Wildman–Crippen MR) is 64.5 cm³/mol. The molecule has 0 saturated heterocycles. The van der Waals surface area contributed by atoms with Gasteiger partial charge in [-0.1, -0.05) is 11.6 Å². The topological polar surface area (TPSA) is 50.7 Å². The Balaban J connectivity index is 2.37. The van der Waals surface area contributed by atoms with Crippen LogP contribution in [0.4, 0.5) is 29.1 Å². The van der Waals surface area contributed by atoms with Crippen molar-refractivity contribution in [2.75, 3.05) is 5.32 Å². The number of benzene rings is 1. The van der Waals surface area contributed by atoms with Crippen LogP contribution < -0.4 is 5.32 Å². The van der Waals surface area contributed by atoms with Crippen molar-refractivity contribution in [3.05, 3.63) is 40.0 Å². The third-order valence-electron chi connectivity index (χ3n) is 2.15. The average molecular weight is 327 g/mol. The fourth-order valence-corrected chi connectivity index (χ4v) is 1.58. The van der Waals surface area contributed by atoms with Crippen molar-refractivity contribution in [2.45, 2.75) is 6.18 Å². The predicted octanol–water partition coefficient (Wildman–Crippen LogP) is 4.08. The molecule has 0 aliphatic carbocycles. The molecule has 0 atom stereocenters. The molecule has 1 heterocycles. The summed E-state index contributed by atoms with van der Waals surface area (Å²) < 4.78 is 50.8. The molecule has 1 aromatic carbocycles. The molecule has 20 heavy (non-hydrogen) atoms. The van der Waals surface area contributed by atoms with Crippen LogP contribution in [-0.2, 0) is 6.18 Å². The highest BCUT2D eigenvalue weighted by Crippen LogP contribution is 2.34. The molecule has 1 aromatic heterocycles. The van der Waals surface area contributed by atoms with Crippen LogP contribution in [-0.4, -0.2) is 15.2 Å². The van der Waals surface area contributed by atoms with Crippen LogP contribution in [0.3, 0.4) is 0 Å². The zero-order chi connectivity index (χ0) is 14.9. The van der Waals surface area contributed by atoms with E-state index in [4.69, 9.17) is 23.2 Å². The molecular formula is C10H4Cl2F4N4. The summed E-state index contributed by atoms with van der Waals surface area (Å²) in [6.07, 6.45) is -4.81. The van der Waals surface area contributed by atoms with Crippen molar-refractivity contribution in [3.63, 3.8) is 0 Å². The highest BCUT2D eigenvalue weighted by molar-refractivity contribution is 6.32. The van der Waals surface area contributed by atoms with Gasteiger partial charge >= 0.3 is 6.18 Å². The Kier molecular flexibility index (Phi) is 3.96. The molecule has 106 valence electrons. The minimum Gasteiger partial charge on any atom is -0.337 e. The summed E-state index contributed by atoms with van der Waals surface area (Å²) in [6, 6.07) is 2.36. The third kappa shape index (κ3) is 3.26. The number of nitrogens with zero attached hydrogens (tertiary/aromatic N) is 3. The van der Waals surface area contributed by atoms with E-state index in [0.717, 1.165) is 6.07 Å². The van der Waals surface area contributed by atoms with E-state index in [2.05, 4.69) is 20.5 Å². The largest absolute Gasteiger partial charge is 0.419 e. The summed E-state index contributed by atoms with van der Waals surface area (Å²) >= 11 is 11.1. The lowest BCUT2D eigenvalue weighted by atomic mass is 10.2. The van der Waals surface area contributed by atoms with Crippen LogP contribution >= 0.6 is 23.2 Å². The van der Waals surface area contributed by atoms with Crippen molar-refractivity contribution >= 4 is 34.7 Å². The molecule has 0 bridgehead atoms. The molecule has 0 aliphatic rings. The standard InChI is InChI=1S/C10H4Cl2F4N4/c11-7-8(18-9(12)20-19-7)17-4-1-2-6(13)5(3-4)10(14,15)16/h1-3H,(H,17,18,20). The average Bonchev–Trinajstić information content (AvgIpc) is 2.35. The second-order valence-electron chi connectivity index (χ2n) is 3.54. The molecule has 2 rings (SSSR count). The highest BCUT2D eigenvalue weighted by atomic mass is 35.5. The molecule has 1 N–H and O–H groups in total. The van der Waals surface area contributed by atoms with Gasteiger partial charge in [-0.2, -0.15) is 18.2 Å². The van der Waals surface area contributed by atoms with Gasteiger partial charge in [0.2, 0.25) is 5.28 Å². The van der Waals surface area contributed by atoms with Crippen LogP contribution in [0.2, 0.25) is 10.4 Å². The number of anilines is 2. The molecule has 0 radical (unpaired) electrons. The number of aromatic nitrogens is 3. The first-order chi connectivity index (χ1) is 9.27. The summed E-state index contributed by atoms with van der Waals surface area (Å²) in [5, 5.41) is 8.80. The molecule has 10 heteroatoms. The number of rotatable bonds is 2. The Bertz CT molecular complexity index is 648. The monoisotopic (exact) mass is 326 g/mol. The van der Waals surface area contributed by atoms with Gasteiger partial charge in [0.25, 0.3) is 0 Å². The van der Waals surface area contributed by atoms with Crippen LogP contribution in [0.1, 0.15) is 5.56 Å². The Morgan fingerprint density at radius 2 is 1.80 bits per heavy atom. The summed E-state index contributed by atoms with van der Waals surface area (Å²) in [6.45, 7) is 0. The second-order valence-corrected chi connectivity index (χ2v) is 4.23. The lowest BCUT2D eigenvalue weighted by Crippen LogP contribution is -2.09. The number of halogens is 6. The van der Waals surface area contributed by atoms with E-state index in [0.29, 0.717) is 12.1 Å². The van der Waals surface area contributed by atoms with E-state index in [9.17, 15) is 17.6 Å². The zero-order valence-corrected chi connectivity index (χ0v) is 10.9. The third-order valence-corrected chi connectivity index (χ3v) is 2.57. The number of alkyl halides is 3. The van der Waals surface area contributed by atoms with Gasteiger partial charge in [-0.15, -0.1) is 10.2 Å². The number of hydrogen-bond acceptors (Lipinski definition) is 4. The smallest absolute Gasteiger partial charge is 0.337 e. The zero-order valence-electron chi connectivity index (χ0n) is 9.34. The van der Waals surface area contributed by atoms with Crippen molar-refractivity contribution in [2.24, 2.45) is 0 Å². The maximum Gasteiger partial charge on any atom is 0.419 e. The van der Waals surface area contributed by atoms with Crippen LogP contribution in [0.5, 0.6) is 0 Å². The normalized spacial score (nSPS) is 11.5. The fourth-order valence-electron chi connectivity index (χ4n) is 1.33. The molecule has 2 aromatic rings. The van der Waals surface area contributed by atoms with Gasteiger partial charge in [0.1, 0.15) is 5.82 Å². The quantitative estimate of drug-likeness (QED) is 0.845. The van der Waals surface area contributed by atoms with Gasteiger partial charge in [-0.05, 0) is 29.8 Å². The molecule has 0 spiro atoms. The van der Waals surface area contributed by atoms with Crippen LogP contribution in [0.25, 0.3) is 0 Å². The van der Waals surface area contributed by atoms with Crippen LogP contribution in [0.15, 0.2) is 18.2 Å². The van der Waals surface area contributed by atoms with Gasteiger partial charge < -0.3 is 5.32 Å². The summed E-state index contributed by atoms with van der Waals surface area (Å²) in [4.78, 5) is 3.66. The minimum atomic E-state index is -4.81. The molecule has 0 aliphatic heterocycles. The van der Waals surface area contributed by atoms with Gasteiger partial charge in [-0.3, -0.25) is 0 Å². The lowest BCUT2D eigenvalue weighted by Gasteiger charge is -2.11. The van der Waals surface area contributed by atoms with Gasteiger partial charge in [-0.25, -0.2) is 4.39 Å². The SMILES string of the molecule is Fc1ccc(Nc2nc(Cl)nnc2Cl)cc1C(F)(F)F. The first-order valence-corrected chi connectivity index (χ1v) is 5.72. The lowest BCUT2D eigenvalue weighted by molar-refractivity contribution is -0.139. The van der Waals surface area contributed by atoms with E-state index in [-0.39, 0.29) is 21.9 Å². The van der Waals surface area contributed by atoms with E-state index in [1.165, 1.54) is 0 Å². The number of nitrogens with one attached hydrogen (secondary N) is 1. The Morgan fingerprint density at radius 1 is 1.10 bits per heavy atom. The fraction of sp³-hybridized carbons (Fsp3) is 0.100. The maximum absolute atomic E-state index is 13.1. The van der Waals surface area contributed by atoms with E-state index < -0.39 is 17.6 Å². The molecule has 0 saturated carbocycles. The number of hydrogen-bond donors (Lipinski definition) is 1. The second kappa shape index (κ2) is 5.37. The van der Waals surface area contributed by atoms with Crippen molar-refractivity contribution in [1.29, 1.82) is 0 Å². The van der Waals surface area contributed by atoms with Gasteiger partial charge in [0.05, 0.1) is 5.56 Å². The van der Waals surface area contributed by atoms with Crippen molar-refractivity contribution in [3.8, 4) is 0 Å². The summed E-state index contributed by atoms with van der Waals surface area (Å²) in [5.41, 5.74) is -1.48. The van der Waals surface area contributed by atoms with Crippen molar-refractivity contribution in [1.82, 2.24) is 15.2 Å². The van der Waals surface area contributed by atoms with Crippen molar-refractivity contribution < 1.29 is 17.6 Å². The Labute approximate surface area is 119 Å². The maximum atomic E-state index is 13.1. The minimum absolute atomic E-state index is 0.0720. The molecule has 4 nitrogen and oxygen atoms in total.